The number of hydrogen-bond donors (Lipinski definition) is 3. The first-order chi connectivity index (χ1) is 12.9. The molecule has 0 atom stereocenters. The van der Waals surface area contributed by atoms with Crippen LogP contribution in [0.5, 0.6) is 11.5 Å². The fraction of sp³-hybridized carbons (Fsp3) is 0.158. The summed E-state index contributed by atoms with van der Waals surface area (Å²) in [6.45, 7) is 3.60. The SMILES string of the molecule is CC(C)n1nc(C(=O)N/N=C/c2ccc(O)cc2O)c2ccccc2c1=O. The van der Waals surface area contributed by atoms with E-state index in [1.54, 1.807) is 38.1 Å². The van der Waals surface area contributed by atoms with Crippen molar-refractivity contribution in [2.75, 3.05) is 0 Å². The lowest BCUT2D eigenvalue weighted by Gasteiger charge is -2.12. The summed E-state index contributed by atoms with van der Waals surface area (Å²) in [6.07, 6.45) is 1.24. The third kappa shape index (κ3) is 3.64. The normalized spacial score (nSPS) is 11.4. The van der Waals surface area contributed by atoms with Crippen LogP contribution in [0.1, 0.15) is 35.9 Å². The summed E-state index contributed by atoms with van der Waals surface area (Å²) in [5.41, 5.74) is 2.47. The molecule has 0 aliphatic rings. The van der Waals surface area contributed by atoms with Gasteiger partial charge in [0, 0.05) is 17.0 Å². The average Bonchev–Trinajstić information content (AvgIpc) is 2.63. The summed E-state index contributed by atoms with van der Waals surface area (Å²) in [5, 5.41) is 27.8. The zero-order valence-corrected chi connectivity index (χ0v) is 14.7. The third-order valence-electron chi connectivity index (χ3n) is 3.92. The lowest BCUT2D eigenvalue weighted by atomic mass is 10.1. The third-order valence-corrected chi connectivity index (χ3v) is 3.92. The van der Waals surface area contributed by atoms with Gasteiger partial charge in [-0.3, -0.25) is 9.59 Å². The zero-order valence-electron chi connectivity index (χ0n) is 14.7. The van der Waals surface area contributed by atoms with Crippen LogP contribution in [0.2, 0.25) is 0 Å². The van der Waals surface area contributed by atoms with Crippen molar-refractivity contribution in [2.45, 2.75) is 19.9 Å². The van der Waals surface area contributed by atoms with Crippen molar-refractivity contribution in [1.29, 1.82) is 0 Å². The van der Waals surface area contributed by atoms with Gasteiger partial charge < -0.3 is 10.2 Å². The number of rotatable bonds is 4. The second kappa shape index (κ2) is 7.28. The highest BCUT2D eigenvalue weighted by Gasteiger charge is 2.17. The standard InChI is InChI=1S/C19H18N4O4/c1-11(2)23-19(27)15-6-4-3-5-14(15)17(22-23)18(26)21-20-10-12-7-8-13(24)9-16(12)25/h3-11,24-25H,1-2H3,(H,21,26)/b20-10+. The summed E-state index contributed by atoms with van der Waals surface area (Å²) in [6, 6.07) is 10.5. The molecule has 27 heavy (non-hydrogen) atoms. The van der Waals surface area contributed by atoms with Crippen molar-refractivity contribution in [3.05, 3.63) is 64.1 Å². The first-order valence-electron chi connectivity index (χ1n) is 8.25. The van der Waals surface area contributed by atoms with Crippen LogP contribution in [-0.4, -0.2) is 32.1 Å². The molecule has 3 aromatic rings. The Balaban J connectivity index is 1.95. The lowest BCUT2D eigenvalue weighted by molar-refractivity contribution is 0.0949. The number of benzene rings is 2. The Kier molecular flexibility index (Phi) is 4.89. The number of nitrogens with zero attached hydrogens (tertiary/aromatic N) is 3. The number of aromatic hydroxyl groups is 2. The molecule has 0 saturated carbocycles. The molecular formula is C19H18N4O4. The van der Waals surface area contributed by atoms with E-state index in [-0.39, 0.29) is 28.8 Å². The molecule has 0 spiro atoms. The Hall–Kier alpha value is -3.68. The molecule has 138 valence electrons. The average molecular weight is 366 g/mol. The van der Waals surface area contributed by atoms with Crippen LogP contribution in [0.4, 0.5) is 0 Å². The first kappa shape index (κ1) is 18.1. The molecule has 8 heteroatoms. The summed E-state index contributed by atoms with van der Waals surface area (Å²) < 4.78 is 1.26. The number of phenols is 2. The molecule has 0 bridgehead atoms. The van der Waals surface area contributed by atoms with Crippen LogP contribution >= 0.6 is 0 Å². The van der Waals surface area contributed by atoms with Gasteiger partial charge in [0.05, 0.1) is 17.6 Å². The van der Waals surface area contributed by atoms with Gasteiger partial charge in [0.2, 0.25) is 0 Å². The number of amides is 1. The molecule has 2 aromatic carbocycles. The topological polar surface area (TPSA) is 117 Å². The fourth-order valence-electron chi connectivity index (χ4n) is 2.58. The molecule has 0 aliphatic heterocycles. The minimum Gasteiger partial charge on any atom is -0.508 e. The number of fused-ring (bicyclic) bond motifs is 1. The van der Waals surface area contributed by atoms with E-state index in [0.717, 1.165) is 6.07 Å². The van der Waals surface area contributed by atoms with Crippen LogP contribution in [-0.2, 0) is 0 Å². The van der Waals surface area contributed by atoms with Gasteiger partial charge in [0.25, 0.3) is 11.5 Å². The van der Waals surface area contributed by atoms with E-state index >= 15 is 0 Å². The number of aromatic nitrogens is 2. The van der Waals surface area contributed by atoms with E-state index in [1.807, 2.05) is 0 Å². The molecule has 1 aromatic heterocycles. The van der Waals surface area contributed by atoms with Crippen LogP contribution in [0, 0.1) is 0 Å². The predicted octanol–water partition coefficient (Wildman–Crippen LogP) is 2.15. The molecule has 0 saturated heterocycles. The van der Waals surface area contributed by atoms with Gasteiger partial charge in [-0.2, -0.15) is 10.2 Å². The second-order valence-electron chi connectivity index (χ2n) is 6.18. The van der Waals surface area contributed by atoms with Crippen molar-refractivity contribution in [1.82, 2.24) is 15.2 Å². The first-order valence-corrected chi connectivity index (χ1v) is 8.25. The molecule has 0 fully saturated rings. The Morgan fingerprint density at radius 3 is 2.56 bits per heavy atom. The van der Waals surface area contributed by atoms with Crippen LogP contribution in [0.25, 0.3) is 10.8 Å². The van der Waals surface area contributed by atoms with Gasteiger partial charge in [-0.1, -0.05) is 18.2 Å². The predicted molar refractivity (Wildman–Crippen MR) is 101 cm³/mol. The minimum atomic E-state index is -0.588. The van der Waals surface area contributed by atoms with Crippen LogP contribution < -0.4 is 11.0 Å². The maximum Gasteiger partial charge on any atom is 0.292 e. The number of carbonyl (C=O) groups is 1. The monoisotopic (exact) mass is 366 g/mol. The number of phenolic OH excluding ortho intramolecular Hbond substituents is 2. The lowest BCUT2D eigenvalue weighted by Crippen LogP contribution is -2.30. The summed E-state index contributed by atoms with van der Waals surface area (Å²) in [5.74, 6) is -0.847. The van der Waals surface area contributed by atoms with Crippen molar-refractivity contribution in [3.63, 3.8) is 0 Å². The molecule has 8 nitrogen and oxygen atoms in total. The number of hydrogen-bond acceptors (Lipinski definition) is 6. The van der Waals surface area contributed by atoms with Gasteiger partial charge in [-0.25, -0.2) is 10.1 Å². The minimum absolute atomic E-state index is 0.0750. The van der Waals surface area contributed by atoms with E-state index in [1.165, 1.54) is 23.0 Å². The van der Waals surface area contributed by atoms with Gasteiger partial charge in [0.15, 0.2) is 5.69 Å². The van der Waals surface area contributed by atoms with E-state index in [2.05, 4.69) is 15.6 Å². The Morgan fingerprint density at radius 1 is 1.19 bits per heavy atom. The number of hydrazone groups is 1. The molecule has 3 rings (SSSR count). The Labute approximate surface area is 154 Å². The summed E-state index contributed by atoms with van der Waals surface area (Å²) in [7, 11) is 0. The number of carbonyl (C=O) groups excluding carboxylic acids is 1. The molecule has 0 unspecified atom stereocenters. The largest absolute Gasteiger partial charge is 0.508 e. The smallest absolute Gasteiger partial charge is 0.292 e. The quantitative estimate of drug-likeness (QED) is 0.483. The maximum atomic E-state index is 12.6. The molecule has 3 N–H and O–H groups in total. The Morgan fingerprint density at radius 2 is 1.89 bits per heavy atom. The van der Waals surface area contributed by atoms with Gasteiger partial charge in [-0.15, -0.1) is 0 Å². The highest BCUT2D eigenvalue weighted by Crippen LogP contribution is 2.20. The summed E-state index contributed by atoms with van der Waals surface area (Å²) >= 11 is 0. The van der Waals surface area contributed by atoms with E-state index in [0.29, 0.717) is 16.3 Å². The highest BCUT2D eigenvalue weighted by atomic mass is 16.3. The molecule has 0 aliphatic carbocycles. The second-order valence-corrected chi connectivity index (χ2v) is 6.18. The van der Waals surface area contributed by atoms with Crippen molar-refractivity contribution >= 4 is 22.9 Å². The van der Waals surface area contributed by atoms with Gasteiger partial charge in [-0.05, 0) is 32.0 Å². The Bertz CT molecular complexity index is 1100. The highest BCUT2D eigenvalue weighted by molar-refractivity contribution is 6.05. The molecular weight excluding hydrogens is 348 g/mol. The summed E-state index contributed by atoms with van der Waals surface area (Å²) in [4.78, 5) is 25.1. The molecule has 1 amide bonds. The van der Waals surface area contributed by atoms with Crippen molar-refractivity contribution in [2.24, 2.45) is 5.10 Å². The van der Waals surface area contributed by atoms with E-state index < -0.39 is 5.91 Å². The van der Waals surface area contributed by atoms with Crippen molar-refractivity contribution in [3.8, 4) is 11.5 Å². The molecule has 1 heterocycles. The fourth-order valence-corrected chi connectivity index (χ4v) is 2.58. The number of nitrogens with one attached hydrogen (secondary N) is 1. The van der Waals surface area contributed by atoms with Gasteiger partial charge >= 0.3 is 0 Å². The van der Waals surface area contributed by atoms with Crippen molar-refractivity contribution < 1.29 is 15.0 Å². The van der Waals surface area contributed by atoms with Crippen LogP contribution in [0.15, 0.2) is 52.4 Å². The van der Waals surface area contributed by atoms with Crippen LogP contribution in [0.3, 0.4) is 0 Å². The molecule has 0 radical (unpaired) electrons. The zero-order chi connectivity index (χ0) is 19.6. The van der Waals surface area contributed by atoms with Gasteiger partial charge in [0.1, 0.15) is 11.5 Å². The maximum absolute atomic E-state index is 12.6. The van der Waals surface area contributed by atoms with E-state index in [4.69, 9.17) is 0 Å². The van der Waals surface area contributed by atoms with E-state index in [9.17, 15) is 19.8 Å².